The molecule has 20 heavy (non-hydrogen) atoms. The molecule has 1 heterocycles. The summed E-state index contributed by atoms with van der Waals surface area (Å²) in [6.45, 7) is 0. The smallest absolute Gasteiger partial charge is 0.272 e. The Morgan fingerprint density at radius 3 is 2.90 bits per heavy atom. The number of carbonyl (C=O) groups excluding carboxylic acids is 2. The van der Waals surface area contributed by atoms with Gasteiger partial charge in [0.15, 0.2) is 5.92 Å². The van der Waals surface area contributed by atoms with Crippen molar-refractivity contribution in [3.05, 3.63) is 39.9 Å². The molecule has 1 aliphatic rings. The molecule has 2 amide bonds. The van der Waals surface area contributed by atoms with E-state index in [9.17, 15) is 19.7 Å². The van der Waals surface area contributed by atoms with Gasteiger partial charge in [0.1, 0.15) is 0 Å². The van der Waals surface area contributed by atoms with E-state index in [1.165, 1.54) is 18.2 Å². The Balaban J connectivity index is 2.04. The van der Waals surface area contributed by atoms with Gasteiger partial charge in [0.25, 0.3) is 17.5 Å². The van der Waals surface area contributed by atoms with Crippen LogP contribution in [0.15, 0.2) is 34.5 Å². The average Bonchev–Trinajstić information content (AvgIpc) is 2.85. The van der Waals surface area contributed by atoms with E-state index in [0.717, 1.165) is 12.4 Å². The maximum absolute atomic E-state index is 11.6. The number of amides is 2. The highest BCUT2D eigenvalue weighted by Crippen LogP contribution is 2.15. The van der Waals surface area contributed by atoms with E-state index < -0.39 is 22.7 Å². The Bertz CT molecular complexity index is 625. The lowest BCUT2D eigenvalue weighted by Gasteiger charge is -2.02. The van der Waals surface area contributed by atoms with Crippen molar-refractivity contribution >= 4 is 29.9 Å². The highest BCUT2D eigenvalue weighted by atomic mass is 16.6. The molecule has 1 aromatic carbocycles. The van der Waals surface area contributed by atoms with Crippen LogP contribution < -0.4 is 10.9 Å². The van der Waals surface area contributed by atoms with E-state index in [2.05, 4.69) is 21.1 Å². The number of para-hydroxylation sites is 1. The van der Waals surface area contributed by atoms with Crippen LogP contribution in [0.4, 0.5) is 5.69 Å². The molecule has 9 nitrogen and oxygen atoms in total. The molecule has 0 saturated heterocycles. The largest absolute Gasteiger partial charge is 0.278 e. The number of rotatable bonds is 4. The topological polar surface area (TPSA) is 126 Å². The minimum Gasteiger partial charge on any atom is -0.272 e. The first-order chi connectivity index (χ1) is 9.59. The number of hydrogen-bond acceptors (Lipinski definition) is 6. The van der Waals surface area contributed by atoms with Crippen molar-refractivity contribution in [2.45, 2.75) is 0 Å². The molecular formula is C11H9N5O4. The first-order valence-corrected chi connectivity index (χ1v) is 5.49. The molecule has 0 aromatic heterocycles. The normalized spacial score (nSPS) is 17.2. The zero-order chi connectivity index (χ0) is 14.5. The number of carbonyl (C=O) groups is 2. The number of hydrazone groups is 2. The number of nitrogens with one attached hydrogen (secondary N) is 2. The molecule has 0 bridgehead atoms. The van der Waals surface area contributed by atoms with E-state index >= 15 is 0 Å². The summed E-state index contributed by atoms with van der Waals surface area (Å²) < 4.78 is 0. The summed E-state index contributed by atoms with van der Waals surface area (Å²) in [5, 5.41) is 17.8. The van der Waals surface area contributed by atoms with Crippen molar-refractivity contribution in [3.8, 4) is 0 Å². The highest BCUT2D eigenvalue weighted by Gasteiger charge is 2.28. The van der Waals surface area contributed by atoms with Gasteiger partial charge in [-0.2, -0.15) is 10.2 Å². The van der Waals surface area contributed by atoms with E-state index in [4.69, 9.17) is 0 Å². The molecule has 1 aliphatic heterocycles. The fraction of sp³-hybridized carbons (Fsp3) is 0.0909. The summed E-state index contributed by atoms with van der Waals surface area (Å²) >= 11 is 0. The molecule has 0 saturated carbocycles. The predicted octanol–water partition coefficient (Wildman–Crippen LogP) is -0.223. The van der Waals surface area contributed by atoms with Crippen LogP contribution in [0.3, 0.4) is 0 Å². The third kappa shape index (κ3) is 2.83. The van der Waals surface area contributed by atoms with Gasteiger partial charge in [-0.1, -0.05) is 12.1 Å². The van der Waals surface area contributed by atoms with Crippen LogP contribution in [0, 0.1) is 16.0 Å². The van der Waals surface area contributed by atoms with Crippen molar-refractivity contribution < 1.29 is 14.5 Å². The fourth-order valence-corrected chi connectivity index (χ4v) is 1.50. The highest BCUT2D eigenvalue weighted by molar-refractivity contribution is 6.15. The second-order valence-electron chi connectivity index (χ2n) is 3.78. The van der Waals surface area contributed by atoms with Crippen LogP contribution in [0.1, 0.15) is 5.56 Å². The quantitative estimate of drug-likeness (QED) is 0.341. The van der Waals surface area contributed by atoms with Gasteiger partial charge < -0.3 is 0 Å². The Morgan fingerprint density at radius 1 is 1.50 bits per heavy atom. The SMILES string of the molecule is O=C1NN=C[C@@H]1C(=O)N/N=C\c1ccccc1[N+](=O)[O-]. The van der Waals surface area contributed by atoms with Crippen molar-refractivity contribution in [2.24, 2.45) is 16.1 Å². The van der Waals surface area contributed by atoms with Crippen LogP contribution in [-0.2, 0) is 9.59 Å². The van der Waals surface area contributed by atoms with Gasteiger partial charge >= 0.3 is 0 Å². The Labute approximate surface area is 112 Å². The molecule has 2 rings (SSSR count). The van der Waals surface area contributed by atoms with Crippen LogP contribution in [0.25, 0.3) is 0 Å². The molecular weight excluding hydrogens is 266 g/mol. The molecule has 9 heteroatoms. The summed E-state index contributed by atoms with van der Waals surface area (Å²) in [6.07, 6.45) is 2.29. The third-order valence-electron chi connectivity index (χ3n) is 2.48. The maximum atomic E-state index is 11.6. The summed E-state index contributed by atoms with van der Waals surface area (Å²) in [5.74, 6) is -2.26. The minimum atomic E-state index is -1.04. The Hall–Kier alpha value is -3.10. The van der Waals surface area contributed by atoms with Crippen LogP contribution in [0.2, 0.25) is 0 Å². The van der Waals surface area contributed by atoms with E-state index in [1.54, 1.807) is 6.07 Å². The number of nitro benzene ring substituents is 1. The van der Waals surface area contributed by atoms with Crippen LogP contribution in [0.5, 0.6) is 0 Å². The van der Waals surface area contributed by atoms with E-state index in [-0.39, 0.29) is 11.3 Å². The summed E-state index contributed by atoms with van der Waals surface area (Å²) in [6, 6.07) is 5.93. The first-order valence-electron chi connectivity index (χ1n) is 5.49. The zero-order valence-corrected chi connectivity index (χ0v) is 10.0. The molecule has 0 radical (unpaired) electrons. The number of hydrogen-bond donors (Lipinski definition) is 2. The maximum Gasteiger partial charge on any atom is 0.278 e. The molecule has 0 fully saturated rings. The molecule has 102 valence electrons. The lowest BCUT2D eigenvalue weighted by molar-refractivity contribution is -0.385. The molecule has 2 N–H and O–H groups in total. The number of nitrogens with zero attached hydrogens (tertiary/aromatic N) is 3. The van der Waals surface area contributed by atoms with Crippen molar-refractivity contribution in [3.63, 3.8) is 0 Å². The average molecular weight is 275 g/mol. The lowest BCUT2D eigenvalue weighted by atomic mass is 10.1. The van der Waals surface area contributed by atoms with Gasteiger partial charge in [0, 0.05) is 12.3 Å². The van der Waals surface area contributed by atoms with Crippen molar-refractivity contribution in [2.75, 3.05) is 0 Å². The first kappa shape index (κ1) is 13.3. The zero-order valence-electron chi connectivity index (χ0n) is 10.0. The molecule has 1 aromatic rings. The molecule has 1 atom stereocenters. The summed E-state index contributed by atoms with van der Waals surface area (Å²) in [7, 11) is 0. The Morgan fingerprint density at radius 2 is 2.25 bits per heavy atom. The van der Waals surface area contributed by atoms with Crippen molar-refractivity contribution in [1.29, 1.82) is 0 Å². The van der Waals surface area contributed by atoms with Gasteiger partial charge in [-0.05, 0) is 6.07 Å². The van der Waals surface area contributed by atoms with Gasteiger partial charge in [-0.3, -0.25) is 19.7 Å². The molecule has 0 unspecified atom stereocenters. The van der Waals surface area contributed by atoms with Crippen molar-refractivity contribution in [1.82, 2.24) is 10.9 Å². The summed E-state index contributed by atoms with van der Waals surface area (Å²) in [4.78, 5) is 32.9. The lowest BCUT2D eigenvalue weighted by Crippen LogP contribution is -2.34. The van der Waals surface area contributed by atoms with Gasteiger partial charge in [-0.15, -0.1) is 0 Å². The standard InChI is InChI=1S/C11H9N5O4/c17-10(8-6-13-15-11(8)18)14-12-5-7-3-1-2-4-9(7)16(19)20/h1-6,8H,(H,14,17)(H,15,18)/b12-5-/t8-/m1/s1. The van der Waals surface area contributed by atoms with E-state index in [0.29, 0.717) is 0 Å². The summed E-state index contributed by atoms with van der Waals surface area (Å²) in [5.41, 5.74) is 4.34. The fourth-order valence-electron chi connectivity index (χ4n) is 1.50. The Kier molecular flexibility index (Phi) is 3.80. The van der Waals surface area contributed by atoms with E-state index in [1.807, 2.05) is 0 Å². The molecule has 0 spiro atoms. The second kappa shape index (κ2) is 5.69. The predicted molar refractivity (Wildman–Crippen MR) is 69.0 cm³/mol. The number of benzene rings is 1. The molecule has 0 aliphatic carbocycles. The monoisotopic (exact) mass is 275 g/mol. The van der Waals surface area contributed by atoms with Crippen LogP contribution >= 0.6 is 0 Å². The van der Waals surface area contributed by atoms with Gasteiger partial charge in [-0.25, -0.2) is 10.9 Å². The van der Waals surface area contributed by atoms with Crippen LogP contribution in [-0.4, -0.2) is 29.2 Å². The van der Waals surface area contributed by atoms with Gasteiger partial charge in [0.05, 0.1) is 16.7 Å². The number of nitro groups is 1. The minimum absolute atomic E-state index is 0.134. The second-order valence-corrected chi connectivity index (χ2v) is 3.78. The third-order valence-corrected chi connectivity index (χ3v) is 2.48. The van der Waals surface area contributed by atoms with Gasteiger partial charge in [0.2, 0.25) is 0 Å².